The van der Waals surface area contributed by atoms with Gasteiger partial charge in [-0.25, -0.2) is 0 Å². The minimum Gasteiger partial charge on any atom is -0.346 e. The van der Waals surface area contributed by atoms with Crippen LogP contribution in [0.1, 0.15) is 42.0 Å². The molecule has 2 aromatic carbocycles. The quantitative estimate of drug-likeness (QED) is 0.755. The second-order valence-corrected chi connectivity index (χ2v) is 7.33. The van der Waals surface area contributed by atoms with Gasteiger partial charge < -0.3 is 10.2 Å². The lowest BCUT2D eigenvalue weighted by Crippen LogP contribution is -2.58. The molecule has 0 aromatic heterocycles. The van der Waals surface area contributed by atoms with Crippen LogP contribution < -0.4 is 5.32 Å². The summed E-state index contributed by atoms with van der Waals surface area (Å²) in [6, 6.07) is 13.3. The Morgan fingerprint density at radius 2 is 1.82 bits per heavy atom. The monoisotopic (exact) mass is 387 g/mol. The predicted molar refractivity (Wildman–Crippen MR) is 105 cm³/mol. The van der Waals surface area contributed by atoms with Crippen LogP contribution in [0.2, 0.25) is 0 Å². The van der Waals surface area contributed by atoms with E-state index in [2.05, 4.69) is 24.9 Å². The first-order chi connectivity index (χ1) is 13.1. The number of hydrogen-bond acceptors (Lipinski definition) is 1. The number of aryl methyl sites for hydroxylation is 1. The Labute approximate surface area is 163 Å². The van der Waals surface area contributed by atoms with Crippen LogP contribution in [-0.2, 0) is 18.1 Å². The average molecular weight is 387 g/mol. The van der Waals surface area contributed by atoms with E-state index in [1.54, 1.807) is 11.9 Å². The lowest BCUT2D eigenvalue weighted by atomic mass is 9.72. The van der Waals surface area contributed by atoms with Crippen molar-refractivity contribution in [2.24, 2.45) is 0 Å². The van der Waals surface area contributed by atoms with Gasteiger partial charge in [0.15, 0.2) is 5.96 Å². The summed E-state index contributed by atoms with van der Waals surface area (Å²) in [7, 11) is 1.73. The molecule has 1 aliphatic rings. The molecule has 28 heavy (non-hydrogen) atoms. The van der Waals surface area contributed by atoms with Gasteiger partial charge in [0.25, 0.3) is 0 Å². The SMILES string of the molecule is C=C1[C@@H](c2ccc(C(F)(F)F)cc2)[C@@](C)(c2cccc(CC)c2)NC(=N)N1C. The molecule has 0 unspecified atom stereocenters. The fourth-order valence-corrected chi connectivity index (χ4v) is 3.82. The number of rotatable bonds is 3. The Bertz CT molecular complexity index is 902. The number of guanidine groups is 1. The van der Waals surface area contributed by atoms with Crippen LogP contribution in [0.15, 0.2) is 60.8 Å². The highest BCUT2D eigenvalue weighted by Gasteiger charge is 2.45. The number of nitrogens with zero attached hydrogens (tertiary/aromatic N) is 1. The molecule has 2 N–H and O–H groups in total. The average Bonchev–Trinajstić information content (AvgIpc) is 2.66. The van der Waals surface area contributed by atoms with Gasteiger partial charge in [-0.1, -0.05) is 49.9 Å². The second-order valence-electron chi connectivity index (χ2n) is 7.33. The molecule has 6 heteroatoms. The molecule has 2 aromatic rings. The molecule has 0 amide bonds. The van der Waals surface area contributed by atoms with E-state index in [-0.39, 0.29) is 11.9 Å². The number of likely N-dealkylation sites (N-methyl/N-ethyl adjacent to an activating group) is 1. The van der Waals surface area contributed by atoms with E-state index in [0.29, 0.717) is 11.3 Å². The Balaban J connectivity index is 2.13. The van der Waals surface area contributed by atoms with E-state index < -0.39 is 17.3 Å². The molecule has 1 heterocycles. The smallest absolute Gasteiger partial charge is 0.346 e. The largest absolute Gasteiger partial charge is 0.416 e. The molecule has 3 rings (SSSR count). The van der Waals surface area contributed by atoms with Crippen LogP contribution in [0.3, 0.4) is 0 Å². The lowest BCUT2D eigenvalue weighted by Gasteiger charge is -2.48. The summed E-state index contributed by atoms with van der Waals surface area (Å²) in [5, 5.41) is 11.6. The van der Waals surface area contributed by atoms with Gasteiger partial charge in [0.1, 0.15) is 0 Å². The third kappa shape index (κ3) is 3.39. The molecular formula is C22H24F3N3. The van der Waals surface area contributed by atoms with Gasteiger partial charge in [-0.15, -0.1) is 0 Å². The normalized spacial score (nSPS) is 22.9. The number of halogens is 3. The summed E-state index contributed by atoms with van der Waals surface area (Å²) in [6.07, 6.45) is -3.51. The maximum Gasteiger partial charge on any atom is 0.416 e. The van der Waals surface area contributed by atoms with Gasteiger partial charge in [0.2, 0.25) is 0 Å². The Kier molecular flexibility index (Phi) is 5.00. The van der Waals surface area contributed by atoms with Gasteiger partial charge in [0.05, 0.1) is 17.0 Å². The molecule has 1 fully saturated rings. The summed E-state index contributed by atoms with van der Waals surface area (Å²) in [4.78, 5) is 1.63. The first kappa shape index (κ1) is 20.0. The van der Waals surface area contributed by atoms with Crippen molar-refractivity contribution in [3.8, 4) is 0 Å². The van der Waals surface area contributed by atoms with Crippen LogP contribution >= 0.6 is 0 Å². The predicted octanol–water partition coefficient (Wildman–Crippen LogP) is 5.25. The third-order valence-corrected chi connectivity index (χ3v) is 5.56. The minimum absolute atomic E-state index is 0.206. The second kappa shape index (κ2) is 7.00. The van der Waals surface area contributed by atoms with Crippen LogP contribution in [0.4, 0.5) is 13.2 Å². The van der Waals surface area contributed by atoms with E-state index in [4.69, 9.17) is 5.41 Å². The van der Waals surface area contributed by atoms with E-state index >= 15 is 0 Å². The highest BCUT2D eigenvalue weighted by atomic mass is 19.4. The molecule has 0 saturated carbocycles. The van der Waals surface area contributed by atoms with Gasteiger partial charge in [-0.3, -0.25) is 5.41 Å². The fourth-order valence-electron chi connectivity index (χ4n) is 3.82. The van der Waals surface area contributed by atoms with Crippen LogP contribution in [0.25, 0.3) is 0 Å². The van der Waals surface area contributed by atoms with E-state index in [1.165, 1.54) is 12.1 Å². The van der Waals surface area contributed by atoms with Crippen molar-refractivity contribution in [2.45, 2.75) is 37.9 Å². The number of benzene rings is 2. The maximum atomic E-state index is 13.0. The molecule has 1 saturated heterocycles. The van der Waals surface area contributed by atoms with Crippen molar-refractivity contribution >= 4 is 5.96 Å². The molecule has 148 valence electrons. The first-order valence-electron chi connectivity index (χ1n) is 9.13. The zero-order chi connectivity index (χ0) is 20.7. The summed E-state index contributed by atoms with van der Waals surface area (Å²) >= 11 is 0. The molecule has 3 nitrogen and oxygen atoms in total. The lowest BCUT2D eigenvalue weighted by molar-refractivity contribution is -0.137. The van der Waals surface area contributed by atoms with Crippen LogP contribution in [-0.4, -0.2) is 17.9 Å². The molecule has 1 aliphatic heterocycles. The van der Waals surface area contributed by atoms with Crippen molar-refractivity contribution in [2.75, 3.05) is 7.05 Å². The van der Waals surface area contributed by atoms with Crippen LogP contribution in [0, 0.1) is 5.41 Å². The van der Waals surface area contributed by atoms with Crippen molar-refractivity contribution < 1.29 is 13.2 Å². The summed E-state index contributed by atoms with van der Waals surface area (Å²) < 4.78 is 39.0. The molecular weight excluding hydrogens is 363 g/mol. The highest BCUT2D eigenvalue weighted by Crippen LogP contribution is 2.45. The van der Waals surface area contributed by atoms with Gasteiger partial charge in [0, 0.05) is 12.7 Å². The topological polar surface area (TPSA) is 39.1 Å². The number of alkyl halides is 3. The van der Waals surface area contributed by atoms with Crippen LogP contribution in [0.5, 0.6) is 0 Å². The van der Waals surface area contributed by atoms with Gasteiger partial charge in [-0.05, 0) is 42.2 Å². The van der Waals surface area contributed by atoms with Crippen molar-refractivity contribution in [1.82, 2.24) is 10.2 Å². The zero-order valence-electron chi connectivity index (χ0n) is 16.2. The third-order valence-electron chi connectivity index (χ3n) is 5.56. The molecule has 0 bridgehead atoms. The van der Waals surface area contributed by atoms with Gasteiger partial charge >= 0.3 is 6.18 Å². The van der Waals surface area contributed by atoms with E-state index in [9.17, 15) is 13.2 Å². The Morgan fingerprint density at radius 3 is 2.39 bits per heavy atom. The zero-order valence-corrected chi connectivity index (χ0v) is 16.2. The molecule has 2 atom stereocenters. The Hall–Kier alpha value is -2.76. The van der Waals surface area contributed by atoms with E-state index in [0.717, 1.165) is 29.7 Å². The minimum atomic E-state index is -4.38. The fraction of sp³-hybridized carbons (Fsp3) is 0.318. The van der Waals surface area contributed by atoms with Gasteiger partial charge in [-0.2, -0.15) is 13.2 Å². The molecule has 0 aliphatic carbocycles. The standard InChI is InChI=1S/C22H24F3N3/c1-5-15-7-6-8-18(13-15)21(3)19(14(2)28(4)20(26)27-21)16-9-11-17(12-10-16)22(23,24)25/h6-13,19H,2,5H2,1,3-4H3,(H2,26,27)/t19-,21+/m0/s1. The Morgan fingerprint density at radius 1 is 1.18 bits per heavy atom. The van der Waals surface area contributed by atoms with Crippen molar-refractivity contribution in [3.63, 3.8) is 0 Å². The highest BCUT2D eigenvalue weighted by molar-refractivity contribution is 5.82. The molecule has 0 spiro atoms. The van der Waals surface area contributed by atoms with Crippen molar-refractivity contribution in [1.29, 1.82) is 5.41 Å². The number of hydrogen-bond donors (Lipinski definition) is 2. The first-order valence-corrected chi connectivity index (χ1v) is 9.13. The number of nitrogens with one attached hydrogen (secondary N) is 2. The summed E-state index contributed by atoms with van der Waals surface area (Å²) in [6.45, 7) is 8.20. The molecule has 0 radical (unpaired) electrons. The summed E-state index contributed by atoms with van der Waals surface area (Å²) in [5.74, 6) is -0.126. The summed E-state index contributed by atoms with van der Waals surface area (Å²) in [5.41, 5.74) is 2.10. The van der Waals surface area contributed by atoms with Crippen molar-refractivity contribution in [3.05, 3.63) is 83.1 Å². The van der Waals surface area contributed by atoms with E-state index in [1.807, 2.05) is 25.1 Å². The maximum absolute atomic E-state index is 13.0.